The van der Waals surface area contributed by atoms with E-state index < -0.39 is 0 Å². The van der Waals surface area contributed by atoms with Crippen molar-refractivity contribution in [2.24, 2.45) is 5.92 Å². The first-order valence-corrected chi connectivity index (χ1v) is 8.94. The molecule has 1 aromatic heterocycles. The van der Waals surface area contributed by atoms with Crippen LogP contribution in [0, 0.1) is 5.92 Å². The van der Waals surface area contributed by atoms with Crippen LogP contribution in [0.2, 0.25) is 0 Å². The summed E-state index contributed by atoms with van der Waals surface area (Å²) in [6, 6.07) is 10.1. The smallest absolute Gasteiger partial charge is 0.0346 e. The standard InChI is InChI=1S/C18H26N2S/c1-13(2)8-16-9-19-14(3)10-20(16)11-15-12-21-18-7-5-4-6-17(15)18/h4-7,12-14,16,19H,8-11H2,1-3H3. The summed E-state index contributed by atoms with van der Waals surface area (Å²) in [4.78, 5) is 2.69. The van der Waals surface area contributed by atoms with Gasteiger partial charge in [-0.1, -0.05) is 32.0 Å². The highest BCUT2D eigenvalue weighted by molar-refractivity contribution is 7.17. The highest BCUT2D eigenvalue weighted by Crippen LogP contribution is 2.28. The lowest BCUT2D eigenvalue weighted by atomic mass is 9.98. The summed E-state index contributed by atoms with van der Waals surface area (Å²) in [6.45, 7) is 10.3. The second kappa shape index (κ2) is 6.47. The van der Waals surface area contributed by atoms with Crippen LogP contribution in [0.15, 0.2) is 29.6 Å². The van der Waals surface area contributed by atoms with Gasteiger partial charge in [-0.2, -0.15) is 0 Å². The van der Waals surface area contributed by atoms with Gasteiger partial charge in [-0.15, -0.1) is 11.3 Å². The van der Waals surface area contributed by atoms with Crippen LogP contribution in [0.3, 0.4) is 0 Å². The molecule has 0 aliphatic carbocycles. The highest BCUT2D eigenvalue weighted by atomic mass is 32.1. The average molecular weight is 302 g/mol. The number of hydrogen-bond acceptors (Lipinski definition) is 3. The fourth-order valence-corrected chi connectivity index (χ4v) is 4.33. The van der Waals surface area contributed by atoms with Gasteiger partial charge in [0.15, 0.2) is 0 Å². The van der Waals surface area contributed by atoms with Crippen molar-refractivity contribution in [2.75, 3.05) is 13.1 Å². The Kier molecular flexibility index (Phi) is 4.63. The number of benzene rings is 1. The summed E-state index contributed by atoms with van der Waals surface area (Å²) in [7, 11) is 0. The van der Waals surface area contributed by atoms with E-state index in [2.05, 4.69) is 60.6 Å². The minimum atomic E-state index is 0.596. The van der Waals surface area contributed by atoms with E-state index in [9.17, 15) is 0 Å². The Labute approximate surface area is 132 Å². The van der Waals surface area contributed by atoms with Gasteiger partial charge in [0.1, 0.15) is 0 Å². The van der Waals surface area contributed by atoms with Crippen LogP contribution in [0.5, 0.6) is 0 Å². The number of nitrogens with one attached hydrogen (secondary N) is 1. The molecule has 1 N–H and O–H groups in total. The second-order valence-corrected chi connectivity index (χ2v) is 7.69. The zero-order valence-corrected chi connectivity index (χ0v) is 14.1. The molecule has 3 heteroatoms. The number of hydrogen-bond donors (Lipinski definition) is 1. The molecular formula is C18H26N2S. The number of rotatable bonds is 4. The van der Waals surface area contributed by atoms with E-state index in [4.69, 9.17) is 0 Å². The maximum absolute atomic E-state index is 3.65. The Morgan fingerprint density at radius 2 is 2.14 bits per heavy atom. The van der Waals surface area contributed by atoms with Crippen LogP contribution < -0.4 is 5.32 Å². The van der Waals surface area contributed by atoms with E-state index in [-0.39, 0.29) is 0 Å². The van der Waals surface area contributed by atoms with E-state index in [1.807, 2.05) is 11.3 Å². The van der Waals surface area contributed by atoms with E-state index in [1.165, 1.54) is 22.1 Å². The van der Waals surface area contributed by atoms with E-state index >= 15 is 0 Å². The van der Waals surface area contributed by atoms with Gasteiger partial charge in [0.25, 0.3) is 0 Å². The van der Waals surface area contributed by atoms with Crippen LogP contribution >= 0.6 is 11.3 Å². The third-order valence-corrected chi connectivity index (χ3v) is 5.42. The van der Waals surface area contributed by atoms with Crippen molar-refractivity contribution in [1.29, 1.82) is 0 Å². The van der Waals surface area contributed by atoms with E-state index in [0.29, 0.717) is 12.1 Å². The van der Waals surface area contributed by atoms with Crippen molar-refractivity contribution < 1.29 is 0 Å². The molecule has 1 aliphatic heterocycles. The molecule has 1 saturated heterocycles. The lowest BCUT2D eigenvalue weighted by Crippen LogP contribution is -2.55. The maximum atomic E-state index is 3.65. The molecule has 1 aromatic carbocycles. The van der Waals surface area contributed by atoms with Gasteiger partial charge in [-0.3, -0.25) is 4.90 Å². The zero-order valence-electron chi connectivity index (χ0n) is 13.3. The monoisotopic (exact) mass is 302 g/mol. The topological polar surface area (TPSA) is 15.3 Å². The predicted molar refractivity (Wildman–Crippen MR) is 92.9 cm³/mol. The van der Waals surface area contributed by atoms with Gasteiger partial charge in [0.05, 0.1) is 0 Å². The van der Waals surface area contributed by atoms with E-state index in [1.54, 1.807) is 0 Å². The Bertz CT molecular complexity index is 590. The molecule has 21 heavy (non-hydrogen) atoms. The normalized spacial score (nSPS) is 24.0. The molecule has 114 valence electrons. The molecule has 2 nitrogen and oxygen atoms in total. The molecule has 2 heterocycles. The summed E-state index contributed by atoms with van der Waals surface area (Å²) in [6.07, 6.45) is 1.28. The van der Waals surface area contributed by atoms with Crippen molar-refractivity contribution in [1.82, 2.24) is 10.2 Å². The quantitative estimate of drug-likeness (QED) is 0.914. The summed E-state index contributed by atoms with van der Waals surface area (Å²) >= 11 is 1.88. The van der Waals surface area contributed by atoms with Gasteiger partial charge < -0.3 is 5.32 Å². The minimum absolute atomic E-state index is 0.596. The maximum Gasteiger partial charge on any atom is 0.0346 e. The first-order valence-electron chi connectivity index (χ1n) is 8.06. The Hall–Kier alpha value is -0.900. The first-order chi connectivity index (χ1) is 10.1. The van der Waals surface area contributed by atoms with Crippen LogP contribution in [0.4, 0.5) is 0 Å². The van der Waals surface area contributed by atoms with Gasteiger partial charge >= 0.3 is 0 Å². The van der Waals surface area contributed by atoms with Crippen molar-refractivity contribution in [2.45, 2.75) is 45.8 Å². The molecule has 0 bridgehead atoms. The van der Waals surface area contributed by atoms with Crippen LogP contribution in [-0.2, 0) is 6.54 Å². The molecule has 2 aromatic rings. The van der Waals surface area contributed by atoms with Crippen molar-refractivity contribution in [3.05, 3.63) is 35.2 Å². The molecule has 1 fully saturated rings. The van der Waals surface area contributed by atoms with Crippen molar-refractivity contribution in [3.63, 3.8) is 0 Å². The number of nitrogens with zero attached hydrogens (tertiary/aromatic N) is 1. The van der Waals surface area contributed by atoms with Gasteiger partial charge in [0.2, 0.25) is 0 Å². The Morgan fingerprint density at radius 1 is 1.33 bits per heavy atom. The Morgan fingerprint density at radius 3 is 2.95 bits per heavy atom. The van der Waals surface area contributed by atoms with Gasteiger partial charge in [-0.05, 0) is 41.7 Å². The van der Waals surface area contributed by atoms with Gasteiger partial charge in [0, 0.05) is 36.4 Å². The molecule has 0 amide bonds. The van der Waals surface area contributed by atoms with Crippen molar-refractivity contribution >= 4 is 21.4 Å². The average Bonchev–Trinajstić information content (AvgIpc) is 2.85. The highest BCUT2D eigenvalue weighted by Gasteiger charge is 2.26. The summed E-state index contributed by atoms with van der Waals surface area (Å²) < 4.78 is 1.41. The second-order valence-electron chi connectivity index (χ2n) is 6.78. The molecular weight excluding hydrogens is 276 g/mol. The third-order valence-electron chi connectivity index (χ3n) is 4.40. The summed E-state index contributed by atoms with van der Waals surface area (Å²) in [5.74, 6) is 0.756. The molecule has 2 atom stereocenters. The largest absolute Gasteiger partial charge is 0.311 e. The van der Waals surface area contributed by atoms with Crippen molar-refractivity contribution in [3.8, 4) is 0 Å². The zero-order chi connectivity index (χ0) is 14.8. The number of thiophene rings is 1. The fourth-order valence-electron chi connectivity index (χ4n) is 3.38. The predicted octanol–water partition coefficient (Wildman–Crippen LogP) is 4.11. The minimum Gasteiger partial charge on any atom is -0.311 e. The molecule has 3 rings (SSSR count). The lowest BCUT2D eigenvalue weighted by molar-refractivity contribution is 0.112. The molecule has 1 aliphatic rings. The van der Waals surface area contributed by atoms with Gasteiger partial charge in [-0.25, -0.2) is 0 Å². The SMILES string of the molecule is CC(C)CC1CNC(C)CN1Cc1csc2ccccc12. The number of fused-ring (bicyclic) bond motifs is 1. The Balaban J connectivity index is 1.79. The molecule has 0 spiro atoms. The summed E-state index contributed by atoms with van der Waals surface area (Å²) in [5.41, 5.74) is 1.50. The van der Waals surface area contributed by atoms with Crippen LogP contribution in [0.1, 0.15) is 32.8 Å². The first kappa shape index (κ1) is 15.0. The summed E-state index contributed by atoms with van der Waals surface area (Å²) in [5, 5.41) is 7.44. The van der Waals surface area contributed by atoms with E-state index in [0.717, 1.165) is 25.6 Å². The fraction of sp³-hybridized carbons (Fsp3) is 0.556. The molecule has 0 radical (unpaired) electrons. The third kappa shape index (κ3) is 3.47. The molecule has 0 saturated carbocycles. The van der Waals surface area contributed by atoms with Crippen LogP contribution in [0.25, 0.3) is 10.1 Å². The van der Waals surface area contributed by atoms with Crippen LogP contribution in [-0.4, -0.2) is 30.1 Å². The molecule has 2 unspecified atom stereocenters. The number of piperazine rings is 1. The lowest BCUT2D eigenvalue weighted by Gasteiger charge is -2.40.